The van der Waals surface area contributed by atoms with E-state index in [1.165, 1.54) is 5.56 Å². The largest absolute Gasteiger partial charge is 0.368 e. The number of hydrogen-bond donors (Lipinski definition) is 1. The Morgan fingerprint density at radius 2 is 1.94 bits per heavy atom. The molecular formula is C15H19N3. The molecule has 1 atom stereocenters. The van der Waals surface area contributed by atoms with Gasteiger partial charge in [-0.3, -0.25) is 0 Å². The van der Waals surface area contributed by atoms with Gasteiger partial charge in [-0.05, 0) is 32.3 Å². The Kier molecular flexibility index (Phi) is 4.29. The van der Waals surface area contributed by atoms with E-state index in [0.717, 1.165) is 24.4 Å². The van der Waals surface area contributed by atoms with E-state index < -0.39 is 0 Å². The molecule has 1 unspecified atom stereocenters. The highest BCUT2D eigenvalue weighted by molar-refractivity contribution is 5.35. The van der Waals surface area contributed by atoms with E-state index in [1.807, 2.05) is 13.0 Å². The molecule has 0 amide bonds. The van der Waals surface area contributed by atoms with Crippen LogP contribution in [0.1, 0.15) is 24.6 Å². The van der Waals surface area contributed by atoms with Crippen LogP contribution in [0, 0.1) is 6.92 Å². The monoisotopic (exact) mass is 241 g/mol. The minimum atomic E-state index is 0.402. The Labute approximate surface area is 108 Å². The molecule has 1 aromatic heterocycles. The van der Waals surface area contributed by atoms with Crippen molar-refractivity contribution >= 4 is 5.82 Å². The van der Waals surface area contributed by atoms with Crippen molar-refractivity contribution in [2.24, 2.45) is 0 Å². The van der Waals surface area contributed by atoms with Crippen LogP contribution in [-0.2, 0) is 6.42 Å². The van der Waals surface area contributed by atoms with E-state index in [-0.39, 0.29) is 0 Å². The zero-order chi connectivity index (χ0) is 12.8. The van der Waals surface area contributed by atoms with Gasteiger partial charge in [0.15, 0.2) is 0 Å². The predicted molar refractivity (Wildman–Crippen MR) is 74.6 cm³/mol. The molecule has 0 bridgehead atoms. The lowest BCUT2D eigenvalue weighted by atomic mass is 10.1. The molecule has 0 saturated carbocycles. The molecule has 1 heterocycles. The molecule has 2 rings (SSSR count). The lowest BCUT2D eigenvalue weighted by Gasteiger charge is -2.14. The average molecular weight is 241 g/mol. The van der Waals surface area contributed by atoms with Crippen LogP contribution in [0.2, 0.25) is 0 Å². The first kappa shape index (κ1) is 12.6. The first-order chi connectivity index (χ1) is 8.74. The molecule has 0 radical (unpaired) electrons. The smallest absolute Gasteiger partial charge is 0.129 e. The van der Waals surface area contributed by atoms with E-state index in [1.54, 1.807) is 6.33 Å². The molecule has 2 aromatic rings. The third kappa shape index (κ3) is 3.84. The highest BCUT2D eigenvalue weighted by Crippen LogP contribution is 2.09. The minimum absolute atomic E-state index is 0.402. The topological polar surface area (TPSA) is 37.8 Å². The quantitative estimate of drug-likeness (QED) is 0.873. The zero-order valence-corrected chi connectivity index (χ0v) is 10.9. The normalized spacial score (nSPS) is 12.1. The Hall–Kier alpha value is -1.90. The summed E-state index contributed by atoms with van der Waals surface area (Å²) in [6.45, 7) is 4.15. The van der Waals surface area contributed by atoms with E-state index in [4.69, 9.17) is 0 Å². The van der Waals surface area contributed by atoms with Crippen LogP contribution < -0.4 is 5.32 Å². The molecule has 0 spiro atoms. The van der Waals surface area contributed by atoms with E-state index in [0.29, 0.717) is 6.04 Å². The zero-order valence-electron chi connectivity index (χ0n) is 10.9. The van der Waals surface area contributed by atoms with Crippen LogP contribution >= 0.6 is 0 Å². The lowest BCUT2D eigenvalue weighted by molar-refractivity contribution is 0.702. The Morgan fingerprint density at radius 3 is 2.67 bits per heavy atom. The maximum absolute atomic E-state index is 4.21. The van der Waals surface area contributed by atoms with Crippen molar-refractivity contribution < 1.29 is 0 Å². The van der Waals surface area contributed by atoms with Gasteiger partial charge in [0.2, 0.25) is 0 Å². The molecule has 0 fully saturated rings. The third-order valence-corrected chi connectivity index (χ3v) is 2.91. The summed E-state index contributed by atoms with van der Waals surface area (Å²) in [4.78, 5) is 8.30. The number of nitrogens with zero attached hydrogens (tertiary/aromatic N) is 2. The molecule has 1 aromatic carbocycles. The Bertz CT molecular complexity index is 482. The summed E-state index contributed by atoms with van der Waals surface area (Å²) < 4.78 is 0. The van der Waals surface area contributed by atoms with Gasteiger partial charge < -0.3 is 5.32 Å². The van der Waals surface area contributed by atoms with E-state index in [2.05, 4.69) is 52.5 Å². The van der Waals surface area contributed by atoms with Crippen LogP contribution in [-0.4, -0.2) is 16.0 Å². The second-order valence-electron chi connectivity index (χ2n) is 4.61. The molecular weight excluding hydrogens is 222 g/mol. The summed E-state index contributed by atoms with van der Waals surface area (Å²) in [5.74, 6) is 0.906. The van der Waals surface area contributed by atoms with Gasteiger partial charge in [-0.1, -0.05) is 30.3 Å². The number of benzene rings is 1. The summed E-state index contributed by atoms with van der Waals surface area (Å²) in [5, 5.41) is 3.40. The fraction of sp³-hybridized carbons (Fsp3) is 0.333. The molecule has 0 aliphatic heterocycles. The molecule has 3 heteroatoms. The van der Waals surface area contributed by atoms with Gasteiger partial charge in [-0.2, -0.15) is 0 Å². The highest BCUT2D eigenvalue weighted by Gasteiger charge is 2.03. The van der Waals surface area contributed by atoms with Crippen molar-refractivity contribution in [3.63, 3.8) is 0 Å². The van der Waals surface area contributed by atoms with Gasteiger partial charge in [0, 0.05) is 17.8 Å². The fourth-order valence-corrected chi connectivity index (χ4v) is 1.89. The second kappa shape index (κ2) is 6.15. The Balaban J connectivity index is 1.84. The van der Waals surface area contributed by atoms with Crippen molar-refractivity contribution in [3.05, 3.63) is 54.0 Å². The molecule has 0 aliphatic rings. The first-order valence-corrected chi connectivity index (χ1v) is 6.33. The van der Waals surface area contributed by atoms with Gasteiger partial charge in [0.05, 0.1) is 0 Å². The van der Waals surface area contributed by atoms with Crippen LogP contribution in [0.25, 0.3) is 0 Å². The summed E-state index contributed by atoms with van der Waals surface area (Å²) in [6.07, 6.45) is 3.77. The number of rotatable bonds is 5. The van der Waals surface area contributed by atoms with E-state index in [9.17, 15) is 0 Å². The van der Waals surface area contributed by atoms with Gasteiger partial charge in [-0.25, -0.2) is 9.97 Å². The van der Waals surface area contributed by atoms with E-state index >= 15 is 0 Å². The lowest BCUT2D eigenvalue weighted by Crippen LogP contribution is -2.17. The molecule has 0 aliphatic carbocycles. The number of hydrogen-bond acceptors (Lipinski definition) is 3. The highest BCUT2D eigenvalue weighted by atomic mass is 15.0. The first-order valence-electron chi connectivity index (χ1n) is 6.33. The average Bonchev–Trinajstić information content (AvgIpc) is 2.38. The second-order valence-corrected chi connectivity index (χ2v) is 4.61. The van der Waals surface area contributed by atoms with Crippen molar-refractivity contribution in [2.75, 3.05) is 5.32 Å². The standard InChI is InChI=1S/C15H19N3/c1-12(8-9-14-6-4-3-5-7-14)18-15-10-13(2)16-11-17-15/h3-7,10-12H,8-9H2,1-2H3,(H,16,17,18). The maximum atomic E-state index is 4.21. The summed E-state index contributed by atoms with van der Waals surface area (Å²) in [7, 11) is 0. The molecule has 1 N–H and O–H groups in total. The van der Waals surface area contributed by atoms with Crippen LogP contribution in [0.5, 0.6) is 0 Å². The van der Waals surface area contributed by atoms with Gasteiger partial charge >= 0.3 is 0 Å². The van der Waals surface area contributed by atoms with Crippen LogP contribution in [0.3, 0.4) is 0 Å². The number of aryl methyl sites for hydroxylation is 2. The maximum Gasteiger partial charge on any atom is 0.129 e. The van der Waals surface area contributed by atoms with Crippen molar-refractivity contribution in [1.29, 1.82) is 0 Å². The molecule has 18 heavy (non-hydrogen) atoms. The van der Waals surface area contributed by atoms with Gasteiger partial charge in [0.25, 0.3) is 0 Å². The minimum Gasteiger partial charge on any atom is -0.368 e. The SMILES string of the molecule is Cc1cc(NC(C)CCc2ccccc2)ncn1. The number of anilines is 1. The Morgan fingerprint density at radius 1 is 1.17 bits per heavy atom. The molecule has 0 saturated heterocycles. The van der Waals surface area contributed by atoms with Gasteiger partial charge in [-0.15, -0.1) is 0 Å². The van der Waals surface area contributed by atoms with Crippen molar-refractivity contribution in [2.45, 2.75) is 32.7 Å². The number of nitrogens with one attached hydrogen (secondary N) is 1. The van der Waals surface area contributed by atoms with Crippen molar-refractivity contribution in [3.8, 4) is 0 Å². The fourth-order valence-electron chi connectivity index (χ4n) is 1.89. The summed E-state index contributed by atoms with van der Waals surface area (Å²) in [5.41, 5.74) is 2.37. The van der Waals surface area contributed by atoms with Crippen molar-refractivity contribution in [1.82, 2.24) is 9.97 Å². The number of aromatic nitrogens is 2. The molecule has 3 nitrogen and oxygen atoms in total. The summed E-state index contributed by atoms with van der Waals surface area (Å²) >= 11 is 0. The van der Waals surface area contributed by atoms with Crippen LogP contribution in [0.15, 0.2) is 42.7 Å². The molecule has 94 valence electrons. The van der Waals surface area contributed by atoms with Gasteiger partial charge in [0.1, 0.15) is 12.1 Å². The predicted octanol–water partition coefficient (Wildman–Crippen LogP) is 3.22. The summed E-state index contributed by atoms with van der Waals surface area (Å²) in [6, 6.07) is 12.9. The third-order valence-electron chi connectivity index (χ3n) is 2.91. The van der Waals surface area contributed by atoms with Crippen LogP contribution in [0.4, 0.5) is 5.82 Å².